The smallest absolute Gasteiger partial charge is 0.264 e. The van der Waals surface area contributed by atoms with Gasteiger partial charge in [-0.1, -0.05) is 61.9 Å². The number of nitrogens with zero attached hydrogens (tertiary/aromatic N) is 2. The molecule has 9 heteroatoms. The zero-order valence-corrected chi connectivity index (χ0v) is 22.7. The van der Waals surface area contributed by atoms with Crippen LogP contribution in [0.5, 0.6) is 0 Å². The minimum Gasteiger partial charge on any atom is -0.354 e. The summed E-state index contributed by atoms with van der Waals surface area (Å²) in [6.07, 6.45) is 1.09. The van der Waals surface area contributed by atoms with Crippen LogP contribution in [0.1, 0.15) is 37.8 Å². The standard InChI is InChI=1S/C29H34FN3O4S/c1-4-19-31-29(35)27(5-2)32(20-23-9-7-6-8-10-23)28(34)21-33(25-15-11-22(3)12-16-25)38(36,37)26-17-13-24(30)14-18-26/h6-18,27H,4-5,19-21H2,1-3H3,(H,31,35). The molecule has 1 unspecified atom stereocenters. The number of carbonyl (C=O) groups is 2. The van der Waals surface area contributed by atoms with Gasteiger partial charge in [0.05, 0.1) is 10.6 Å². The summed E-state index contributed by atoms with van der Waals surface area (Å²) >= 11 is 0. The van der Waals surface area contributed by atoms with Gasteiger partial charge in [-0.3, -0.25) is 13.9 Å². The minimum atomic E-state index is -4.23. The minimum absolute atomic E-state index is 0.135. The molecule has 38 heavy (non-hydrogen) atoms. The fourth-order valence-electron chi connectivity index (χ4n) is 4.04. The zero-order chi connectivity index (χ0) is 27.7. The highest BCUT2D eigenvalue weighted by atomic mass is 32.2. The van der Waals surface area contributed by atoms with Crippen molar-refractivity contribution in [2.45, 2.75) is 51.1 Å². The molecule has 202 valence electrons. The summed E-state index contributed by atoms with van der Waals surface area (Å²) in [6.45, 7) is 5.69. The molecule has 0 saturated heterocycles. The van der Waals surface area contributed by atoms with Crippen LogP contribution < -0.4 is 9.62 Å². The Hall–Kier alpha value is -3.72. The van der Waals surface area contributed by atoms with E-state index in [0.29, 0.717) is 13.0 Å². The van der Waals surface area contributed by atoms with E-state index in [0.717, 1.165) is 34.0 Å². The van der Waals surface area contributed by atoms with E-state index in [1.165, 1.54) is 17.0 Å². The molecule has 0 aliphatic carbocycles. The first-order valence-electron chi connectivity index (χ1n) is 12.6. The Labute approximate surface area is 224 Å². The molecule has 3 aromatic rings. The third kappa shape index (κ3) is 7.19. The Morgan fingerprint density at radius 1 is 0.921 bits per heavy atom. The van der Waals surface area contributed by atoms with Crippen molar-refractivity contribution in [1.29, 1.82) is 0 Å². The number of anilines is 1. The van der Waals surface area contributed by atoms with Crippen LogP contribution in [-0.4, -0.2) is 44.3 Å². The van der Waals surface area contributed by atoms with Gasteiger partial charge < -0.3 is 10.2 Å². The first-order chi connectivity index (χ1) is 18.2. The largest absolute Gasteiger partial charge is 0.354 e. The maximum atomic E-state index is 13.9. The van der Waals surface area contributed by atoms with Crippen LogP contribution in [0.2, 0.25) is 0 Å². The molecule has 0 aliphatic rings. The van der Waals surface area contributed by atoms with E-state index >= 15 is 0 Å². The van der Waals surface area contributed by atoms with Gasteiger partial charge >= 0.3 is 0 Å². The lowest BCUT2D eigenvalue weighted by atomic mass is 10.1. The topological polar surface area (TPSA) is 86.8 Å². The van der Waals surface area contributed by atoms with E-state index in [1.54, 1.807) is 24.3 Å². The molecule has 1 atom stereocenters. The second-order valence-electron chi connectivity index (χ2n) is 9.02. The van der Waals surface area contributed by atoms with E-state index in [1.807, 2.05) is 51.1 Å². The Morgan fingerprint density at radius 2 is 1.55 bits per heavy atom. The van der Waals surface area contributed by atoms with E-state index in [-0.39, 0.29) is 23.0 Å². The highest BCUT2D eigenvalue weighted by molar-refractivity contribution is 7.92. The number of rotatable bonds is 12. The molecule has 0 spiro atoms. The average Bonchev–Trinajstić information content (AvgIpc) is 2.91. The Morgan fingerprint density at radius 3 is 2.13 bits per heavy atom. The predicted octanol–water partition coefficient (Wildman–Crippen LogP) is 4.66. The molecular weight excluding hydrogens is 505 g/mol. The van der Waals surface area contributed by atoms with Gasteiger partial charge in [0.15, 0.2) is 0 Å². The average molecular weight is 540 g/mol. The fourth-order valence-corrected chi connectivity index (χ4v) is 5.45. The number of benzene rings is 3. The van der Waals surface area contributed by atoms with Gasteiger partial charge in [-0.05, 0) is 61.7 Å². The van der Waals surface area contributed by atoms with Crippen molar-refractivity contribution < 1.29 is 22.4 Å². The molecule has 0 radical (unpaired) electrons. The number of carbonyl (C=O) groups excluding carboxylic acids is 2. The van der Waals surface area contributed by atoms with Crippen molar-refractivity contribution in [3.8, 4) is 0 Å². The first-order valence-corrected chi connectivity index (χ1v) is 14.1. The summed E-state index contributed by atoms with van der Waals surface area (Å²) < 4.78 is 42.0. The van der Waals surface area contributed by atoms with Gasteiger partial charge in [-0.25, -0.2) is 12.8 Å². The number of halogens is 1. The molecule has 0 bridgehead atoms. The number of amides is 2. The van der Waals surface area contributed by atoms with Gasteiger partial charge in [0.25, 0.3) is 10.0 Å². The molecule has 0 fully saturated rings. The van der Waals surface area contributed by atoms with Crippen molar-refractivity contribution in [1.82, 2.24) is 10.2 Å². The first kappa shape index (κ1) is 28.8. The van der Waals surface area contributed by atoms with Gasteiger partial charge in [-0.2, -0.15) is 0 Å². The van der Waals surface area contributed by atoms with E-state index in [9.17, 15) is 22.4 Å². The molecule has 0 aliphatic heterocycles. The molecule has 0 heterocycles. The third-order valence-electron chi connectivity index (χ3n) is 6.13. The van der Waals surface area contributed by atoms with Crippen molar-refractivity contribution in [3.05, 3.63) is 95.8 Å². The molecule has 7 nitrogen and oxygen atoms in total. The molecule has 0 aromatic heterocycles. The lowest BCUT2D eigenvalue weighted by molar-refractivity contribution is -0.140. The zero-order valence-electron chi connectivity index (χ0n) is 21.9. The second kappa shape index (κ2) is 13.2. The predicted molar refractivity (Wildman–Crippen MR) is 146 cm³/mol. The number of hydrogen-bond donors (Lipinski definition) is 1. The summed E-state index contributed by atoms with van der Waals surface area (Å²) in [5.74, 6) is -1.39. The highest BCUT2D eigenvalue weighted by Gasteiger charge is 2.33. The normalized spacial score (nSPS) is 12.0. The Bertz CT molecular complexity index is 1310. The molecule has 3 aromatic carbocycles. The molecule has 0 saturated carbocycles. The van der Waals surface area contributed by atoms with Crippen LogP contribution >= 0.6 is 0 Å². The summed E-state index contributed by atoms with van der Waals surface area (Å²) in [5, 5.41) is 2.86. The second-order valence-corrected chi connectivity index (χ2v) is 10.9. The van der Waals surface area contributed by atoms with Crippen molar-refractivity contribution in [3.63, 3.8) is 0 Å². The van der Waals surface area contributed by atoms with E-state index in [2.05, 4.69) is 5.32 Å². The fraction of sp³-hybridized carbons (Fsp3) is 0.310. The summed E-state index contributed by atoms with van der Waals surface area (Å²) in [6, 6.07) is 19.7. The molecule has 1 N–H and O–H groups in total. The lowest BCUT2D eigenvalue weighted by Gasteiger charge is -2.33. The number of hydrogen-bond acceptors (Lipinski definition) is 4. The Balaban J connectivity index is 2.03. The van der Waals surface area contributed by atoms with E-state index < -0.39 is 34.3 Å². The summed E-state index contributed by atoms with van der Waals surface area (Å²) in [4.78, 5) is 28.2. The van der Waals surface area contributed by atoms with Crippen LogP contribution in [-0.2, 0) is 26.2 Å². The van der Waals surface area contributed by atoms with Gasteiger partial charge in [-0.15, -0.1) is 0 Å². The lowest BCUT2D eigenvalue weighted by Crippen LogP contribution is -2.52. The van der Waals surface area contributed by atoms with Crippen molar-refractivity contribution in [2.75, 3.05) is 17.4 Å². The SMILES string of the molecule is CCCNC(=O)C(CC)N(Cc1ccccc1)C(=O)CN(c1ccc(C)cc1)S(=O)(=O)c1ccc(F)cc1. The van der Waals surface area contributed by atoms with Crippen LogP contribution in [0.3, 0.4) is 0 Å². The Kier molecular flexibility index (Phi) is 10.0. The molecule has 3 rings (SSSR count). The van der Waals surface area contributed by atoms with E-state index in [4.69, 9.17) is 0 Å². The van der Waals surface area contributed by atoms with Gasteiger partial charge in [0.1, 0.15) is 18.4 Å². The maximum absolute atomic E-state index is 13.9. The number of aryl methyl sites for hydroxylation is 1. The third-order valence-corrected chi connectivity index (χ3v) is 7.92. The van der Waals surface area contributed by atoms with Gasteiger partial charge in [0.2, 0.25) is 11.8 Å². The summed E-state index contributed by atoms with van der Waals surface area (Å²) in [7, 11) is -4.23. The maximum Gasteiger partial charge on any atom is 0.264 e. The van der Waals surface area contributed by atoms with Crippen LogP contribution in [0.25, 0.3) is 0 Å². The molecule has 2 amide bonds. The van der Waals surface area contributed by atoms with Gasteiger partial charge in [0, 0.05) is 13.1 Å². The quantitative estimate of drug-likeness (QED) is 0.363. The number of nitrogens with one attached hydrogen (secondary N) is 1. The number of sulfonamides is 1. The molecular formula is C29H34FN3O4S. The van der Waals surface area contributed by atoms with Crippen LogP contribution in [0.4, 0.5) is 10.1 Å². The summed E-state index contributed by atoms with van der Waals surface area (Å²) in [5.41, 5.74) is 2.02. The van der Waals surface area contributed by atoms with Crippen LogP contribution in [0, 0.1) is 12.7 Å². The van der Waals surface area contributed by atoms with Crippen molar-refractivity contribution >= 4 is 27.5 Å². The van der Waals surface area contributed by atoms with Crippen LogP contribution in [0.15, 0.2) is 83.8 Å². The highest BCUT2D eigenvalue weighted by Crippen LogP contribution is 2.25. The monoisotopic (exact) mass is 539 g/mol. The van der Waals surface area contributed by atoms with Crippen molar-refractivity contribution in [2.24, 2.45) is 0 Å².